The Morgan fingerprint density at radius 1 is 1.07 bits per heavy atom. The standard InChI is InChI=1S/C11H23NO2/c1-4-8-12(9-5-2)10-7-11(13)14-6-3/h4-10H2,1-3H3. The third-order valence-corrected chi connectivity index (χ3v) is 2.02. The highest BCUT2D eigenvalue weighted by Gasteiger charge is 2.06. The molecule has 0 bridgehead atoms. The molecule has 0 fully saturated rings. The number of nitrogens with zero attached hydrogens (tertiary/aromatic N) is 1. The van der Waals surface area contributed by atoms with E-state index in [1.165, 1.54) is 0 Å². The predicted molar refractivity (Wildman–Crippen MR) is 58.3 cm³/mol. The summed E-state index contributed by atoms with van der Waals surface area (Å²) in [6.07, 6.45) is 2.81. The van der Waals surface area contributed by atoms with Gasteiger partial charge in [0.25, 0.3) is 0 Å². The lowest BCUT2D eigenvalue weighted by molar-refractivity contribution is -0.143. The van der Waals surface area contributed by atoms with Gasteiger partial charge in [-0.2, -0.15) is 0 Å². The van der Waals surface area contributed by atoms with Crippen LogP contribution >= 0.6 is 0 Å². The Labute approximate surface area is 87.4 Å². The molecule has 0 saturated carbocycles. The minimum atomic E-state index is -0.0790. The van der Waals surface area contributed by atoms with Crippen molar-refractivity contribution in [1.29, 1.82) is 0 Å². The SMILES string of the molecule is CCCN(CCC)CCC(=O)OCC. The zero-order valence-electron chi connectivity index (χ0n) is 9.71. The van der Waals surface area contributed by atoms with Crippen molar-refractivity contribution in [3.63, 3.8) is 0 Å². The molecule has 0 unspecified atom stereocenters. The summed E-state index contributed by atoms with van der Waals surface area (Å²) in [5.41, 5.74) is 0. The molecule has 0 N–H and O–H groups in total. The molecule has 0 aliphatic carbocycles. The van der Waals surface area contributed by atoms with Gasteiger partial charge in [0.05, 0.1) is 13.0 Å². The first-order chi connectivity index (χ1) is 6.74. The number of rotatable bonds is 8. The second kappa shape index (κ2) is 9.00. The summed E-state index contributed by atoms with van der Waals surface area (Å²) in [5, 5.41) is 0. The molecule has 3 nitrogen and oxygen atoms in total. The van der Waals surface area contributed by atoms with Gasteiger partial charge in [0.15, 0.2) is 0 Å². The van der Waals surface area contributed by atoms with Crippen molar-refractivity contribution >= 4 is 5.97 Å². The summed E-state index contributed by atoms with van der Waals surface area (Å²) in [6.45, 7) is 9.63. The lowest BCUT2D eigenvalue weighted by Crippen LogP contribution is -2.28. The highest BCUT2D eigenvalue weighted by molar-refractivity contribution is 5.69. The van der Waals surface area contributed by atoms with Gasteiger partial charge in [-0.05, 0) is 32.9 Å². The molecule has 3 heteroatoms. The van der Waals surface area contributed by atoms with Crippen LogP contribution in [-0.2, 0) is 9.53 Å². The van der Waals surface area contributed by atoms with Crippen LogP contribution in [0.15, 0.2) is 0 Å². The van der Waals surface area contributed by atoms with Gasteiger partial charge in [0.1, 0.15) is 0 Å². The van der Waals surface area contributed by atoms with Crippen LogP contribution in [-0.4, -0.2) is 37.1 Å². The van der Waals surface area contributed by atoms with E-state index in [4.69, 9.17) is 4.74 Å². The summed E-state index contributed by atoms with van der Waals surface area (Å²) < 4.78 is 4.88. The molecule has 0 amide bonds. The van der Waals surface area contributed by atoms with Crippen LogP contribution in [0.4, 0.5) is 0 Å². The van der Waals surface area contributed by atoms with Gasteiger partial charge < -0.3 is 9.64 Å². The summed E-state index contributed by atoms with van der Waals surface area (Å²) in [7, 11) is 0. The van der Waals surface area contributed by atoms with Crippen LogP contribution in [0.25, 0.3) is 0 Å². The number of hydrogen-bond acceptors (Lipinski definition) is 3. The van der Waals surface area contributed by atoms with Crippen LogP contribution in [0.5, 0.6) is 0 Å². The Kier molecular flexibility index (Phi) is 8.64. The van der Waals surface area contributed by atoms with Gasteiger partial charge in [-0.15, -0.1) is 0 Å². The maximum Gasteiger partial charge on any atom is 0.307 e. The molecule has 0 aliphatic rings. The van der Waals surface area contributed by atoms with E-state index in [1.807, 2.05) is 6.92 Å². The molecule has 0 aromatic carbocycles. The molecule has 0 aromatic rings. The van der Waals surface area contributed by atoms with Crippen LogP contribution < -0.4 is 0 Å². The Hall–Kier alpha value is -0.570. The molecule has 84 valence electrons. The Morgan fingerprint density at radius 2 is 1.64 bits per heavy atom. The predicted octanol–water partition coefficient (Wildman–Crippen LogP) is 2.06. The van der Waals surface area contributed by atoms with Gasteiger partial charge in [-0.3, -0.25) is 4.79 Å². The Balaban J connectivity index is 3.63. The zero-order chi connectivity index (χ0) is 10.8. The molecule has 0 atom stereocenters. The maximum absolute atomic E-state index is 11.1. The van der Waals surface area contributed by atoms with E-state index in [-0.39, 0.29) is 5.97 Å². The van der Waals surface area contributed by atoms with Crippen LogP contribution in [0.3, 0.4) is 0 Å². The smallest absolute Gasteiger partial charge is 0.307 e. The van der Waals surface area contributed by atoms with Crippen molar-refractivity contribution in [3.8, 4) is 0 Å². The molecular weight excluding hydrogens is 178 g/mol. The summed E-state index contributed by atoms with van der Waals surface area (Å²) in [4.78, 5) is 13.4. The quantitative estimate of drug-likeness (QED) is 0.563. The Bertz CT molecular complexity index is 142. The van der Waals surface area contributed by atoms with E-state index in [9.17, 15) is 4.79 Å². The second-order valence-corrected chi connectivity index (χ2v) is 3.40. The maximum atomic E-state index is 11.1. The molecule has 0 saturated heterocycles. The van der Waals surface area contributed by atoms with E-state index in [0.717, 1.165) is 32.5 Å². The normalized spacial score (nSPS) is 10.6. The Morgan fingerprint density at radius 3 is 2.07 bits per heavy atom. The topological polar surface area (TPSA) is 29.5 Å². The first-order valence-corrected chi connectivity index (χ1v) is 5.62. The van der Waals surface area contributed by atoms with Crippen molar-refractivity contribution in [1.82, 2.24) is 4.90 Å². The van der Waals surface area contributed by atoms with E-state index in [0.29, 0.717) is 13.0 Å². The van der Waals surface area contributed by atoms with Crippen LogP contribution in [0.1, 0.15) is 40.0 Å². The minimum absolute atomic E-state index is 0.0790. The van der Waals surface area contributed by atoms with E-state index in [2.05, 4.69) is 18.7 Å². The van der Waals surface area contributed by atoms with Crippen LogP contribution in [0.2, 0.25) is 0 Å². The van der Waals surface area contributed by atoms with E-state index >= 15 is 0 Å². The number of carbonyl (C=O) groups excluding carboxylic acids is 1. The van der Waals surface area contributed by atoms with Crippen molar-refractivity contribution in [2.24, 2.45) is 0 Å². The average Bonchev–Trinajstić information content (AvgIpc) is 2.15. The monoisotopic (exact) mass is 201 g/mol. The first kappa shape index (κ1) is 13.4. The number of esters is 1. The number of carbonyl (C=O) groups is 1. The third-order valence-electron chi connectivity index (χ3n) is 2.02. The third kappa shape index (κ3) is 6.89. The van der Waals surface area contributed by atoms with Gasteiger partial charge >= 0.3 is 5.97 Å². The number of ether oxygens (including phenoxy) is 1. The molecular formula is C11H23NO2. The van der Waals surface area contributed by atoms with Gasteiger partial charge in [0.2, 0.25) is 0 Å². The highest BCUT2D eigenvalue weighted by Crippen LogP contribution is 1.97. The molecule has 0 heterocycles. The largest absolute Gasteiger partial charge is 0.466 e. The van der Waals surface area contributed by atoms with Gasteiger partial charge in [-0.25, -0.2) is 0 Å². The molecule has 14 heavy (non-hydrogen) atoms. The molecule has 0 spiro atoms. The molecule has 0 rings (SSSR count). The second-order valence-electron chi connectivity index (χ2n) is 3.40. The van der Waals surface area contributed by atoms with Gasteiger partial charge in [-0.1, -0.05) is 13.8 Å². The lowest BCUT2D eigenvalue weighted by atomic mass is 10.3. The fourth-order valence-corrected chi connectivity index (χ4v) is 1.45. The summed E-state index contributed by atoms with van der Waals surface area (Å²) >= 11 is 0. The summed E-state index contributed by atoms with van der Waals surface area (Å²) in [6, 6.07) is 0. The van der Waals surface area contributed by atoms with Crippen molar-refractivity contribution < 1.29 is 9.53 Å². The van der Waals surface area contributed by atoms with E-state index < -0.39 is 0 Å². The highest BCUT2D eigenvalue weighted by atomic mass is 16.5. The summed E-state index contributed by atoms with van der Waals surface area (Å²) in [5.74, 6) is -0.0790. The van der Waals surface area contributed by atoms with Crippen molar-refractivity contribution in [2.45, 2.75) is 40.0 Å². The van der Waals surface area contributed by atoms with E-state index in [1.54, 1.807) is 0 Å². The first-order valence-electron chi connectivity index (χ1n) is 5.62. The van der Waals surface area contributed by atoms with Crippen molar-refractivity contribution in [2.75, 3.05) is 26.2 Å². The molecule has 0 radical (unpaired) electrons. The fourth-order valence-electron chi connectivity index (χ4n) is 1.45. The zero-order valence-corrected chi connectivity index (χ0v) is 9.71. The molecule has 0 aliphatic heterocycles. The van der Waals surface area contributed by atoms with Gasteiger partial charge in [0, 0.05) is 6.54 Å². The minimum Gasteiger partial charge on any atom is -0.466 e. The molecule has 0 aromatic heterocycles. The fraction of sp³-hybridized carbons (Fsp3) is 0.909. The van der Waals surface area contributed by atoms with Crippen LogP contribution in [0, 0.1) is 0 Å². The average molecular weight is 201 g/mol. The lowest BCUT2D eigenvalue weighted by Gasteiger charge is -2.19. The van der Waals surface area contributed by atoms with Crippen molar-refractivity contribution in [3.05, 3.63) is 0 Å². The number of hydrogen-bond donors (Lipinski definition) is 0.